The molecule has 266 valence electrons. The second-order valence-electron chi connectivity index (χ2n) is 11.4. The van der Waals surface area contributed by atoms with E-state index >= 15 is 0 Å². The number of anilines is 1. The molecule has 3 aromatic rings. The van der Waals surface area contributed by atoms with Gasteiger partial charge >= 0.3 is 0 Å². The summed E-state index contributed by atoms with van der Waals surface area (Å²) in [5.74, 6) is 2.10. The highest BCUT2D eigenvalue weighted by Crippen LogP contribution is 2.26. The Balaban J connectivity index is 0.000000333. The first-order chi connectivity index (χ1) is 23.3. The summed E-state index contributed by atoms with van der Waals surface area (Å²) in [6, 6.07) is 15.2. The van der Waals surface area contributed by atoms with Crippen LogP contribution in [0.1, 0.15) is 75.7 Å². The van der Waals surface area contributed by atoms with Crippen molar-refractivity contribution in [3.63, 3.8) is 0 Å². The normalized spacial score (nSPS) is 11.4. The Morgan fingerprint density at radius 3 is 2.21 bits per heavy atom. The number of carbonyl (C=O) groups excluding carboxylic acids is 1. The van der Waals surface area contributed by atoms with E-state index in [1.54, 1.807) is 13.2 Å². The predicted octanol–water partition coefficient (Wildman–Crippen LogP) is 5.41. The Bertz CT molecular complexity index is 1310. The first-order valence-corrected chi connectivity index (χ1v) is 17.4. The summed E-state index contributed by atoms with van der Waals surface area (Å²) < 4.78 is 10.5. The van der Waals surface area contributed by atoms with Crippen molar-refractivity contribution in [1.29, 1.82) is 0 Å². The first-order valence-electron chi connectivity index (χ1n) is 17.0. The number of aromatic hydroxyl groups is 1. The fourth-order valence-electron chi connectivity index (χ4n) is 4.68. The molecule has 0 saturated heterocycles. The third-order valence-electron chi connectivity index (χ3n) is 7.36. The molecule has 0 aliphatic heterocycles. The third-order valence-corrected chi connectivity index (χ3v) is 7.53. The average molecular weight is 686 g/mol. The SMILES string of the molecule is CCc1cc(NC(CC)c2ccc(OCC(C)=O)cc2)nc(Cl)n1.COc1cc(CNCCCNCCCCNCCCN)ccc1O. The Kier molecular flexibility index (Phi) is 20.9. The molecule has 3 rings (SSSR count). The van der Waals surface area contributed by atoms with Crippen molar-refractivity contribution < 1.29 is 19.4 Å². The average Bonchev–Trinajstić information content (AvgIpc) is 3.09. The summed E-state index contributed by atoms with van der Waals surface area (Å²) in [7, 11) is 1.56. The maximum Gasteiger partial charge on any atom is 0.224 e. The Morgan fingerprint density at radius 1 is 0.917 bits per heavy atom. The zero-order valence-corrected chi connectivity index (χ0v) is 29.9. The largest absolute Gasteiger partial charge is 0.504 e. The molecule has 0 saturated carbocycles. The van der Waals surface area contributed by atoms with Crippen molar-refractivity contribution in [1.82, 2.24) is 25.9 Å². The number of hydrogen-bond acceptors (Lipinski definition) is 11. The summed E-state index contributed by atoms with van der Waals surface area (Å²) in [5, 5.41) is 23.5. The van der Waals surface area contributed by atoms with E-state index in [-0.39, 0.29) is 29.5 Å². The molecule has 0 radical (unpaired) electrons. The number of halogens is 1. The van der Waals surface area contributed by atoms with Gasteiger partial charge in [-0.15, -0.1) is 0 Å². The predicted molar refractivity (Wildman–Crippen MR) is 195 cm³/mol. The minimum atomic E-state index is -0.000420. The Labute approximate surface area is 291 Å². The van der Waals surface area contributed by atoms with Crippen LogP contribution in [-0.4, -0.2) is 73.8 Å². The van der Waals surface area contributed by atoms with Gasteiger partial charge < -0.3 is 41.6 Å². The highest BCUT2D eigenvalue weighted by molar-refractivity contribution is 6.28. The van der Waals surface area contributed by atoms with Gasteiger partial charge in [-0.05, 0) is 132 Å². The molecular formula is C36H56ClN7O4. The van der Waals surface area contributed by atoms with Crippen molar-refractivity contribution in [2.75, 3.05) is 58.3 Å². The number of ketones is 1. The Morgan fingerprint density at radius 2 is 1.58 bits per heavy atom. The van der Waals surface area contributed by atoms with Crippen LogP contribution >= 0.6 is 11.6 Å². The molecule has 1 atom stereocenters. The van der Waals surface area contributed by atoms with Crippen LogP contribution < -0.4 is 36.5 Å². The number of benzene rings is 2. The van der Waals surface area contributed by atoms with Crippen LogP contribution in [0.15, 0.2) is 48.5 Å². The number of nitrogens with two attached hydrogens (primary N) is 1. The molecule has 0 bridgehead atoms. The number of phenolic OH excluding ortho intramolecular Hbond substituents is 1. The van der Waals surface area contributed by atoms with Crippen LogP contribution in [-0.2, 0) is 17.8 Å². The maximum absolute atomic E-state index is 11.0. The zero-order chi connectivity index (χ0) is 35.0. The van der Waals surface area contributed by atoms with Gasteiger partial charge in [-0.1, -0.05) is 32.0 Å². The lowest BCUT2D eigenvalue weighted by Gasteiger charge is -2.19. The van der Waals surface area contributed by atoms with E-state index in [1.165, 1.54) is 19.8 Å². The van der Waals surface area contributed by atoms with E-state index in [1.807, 2.05) is 49.4 Å². The van der Waals surface area contributed by atoms with Crippen LogP contribution in [0, 0.1) is 0 Å². The van der Waals surface area contributed by atoms with Crippen molar-refractivity contribution in [3.05, 3.63) is 70.6 Å². The highest BCUT2D eigenvalue weighted by Gasteiger charge is 2.12. The van der Waals surface area contributed by atoms with Gasteiger partial charge in [0.25, 0.3) is 0 Å². The minimum absolute atomic E-state index is 0.000420. The van der Waals surface area contributed by atoms with Crippen molar-refractivity contribution in [3.8, 4) is 17.2 Å². The molecule has 0 spiro atoms. The van der Waals surface area contributed by atoms with E-state index < -0.39 is 0 Å². The summed E-state index contributed by atoms with van der Waals surface area (Å²) in [5.41, 5.74) is 8.57. The summed E-state index contributed by atoms with van der Waals surface area (Å²) in [4.78, 5) is 19.4. The molecule has 11 nitrogen and oxygen atoms in total. The number of aromatic nitrogens is 2. The smallest absolute Gasteiger partial charge is 0.224 e. The number of phenols is 1. The number of rotatable bonds is 23. The monoisotopic (exact) mass is 685 g/mol. The van der Waals surface area contributed by atoms with E-state index in [4.69, 9.17) is 26.8 Å². The standard InChI is InChI=1S/C18H22ClN3O2.C18H34N4O2/c1-4-14-10-17(22-18(19)20-14)21-16(5-2)13-6-8-15(9-7-13)24-11-12(3)23;1-24-18-14-16(6-7-17(18)23)15-22-13-5-12-21-10-3-2-9-20-11-4-8-19/h6-10,16H,4-5,11H2,1-3H3,(H,20,21,22);6-7,14,20-23H,2-5,8-13,15,19H2,1H3. The van der Waals surface area contributed by atoms with Gasteiger partial charge in [0.15, 0.2) is 17.3 Å². The second kappa shape index (κ2) is 24.6. The molecule has 0 fully saturated rings. The molecule has 1 unspecified atom stereocenters. The fourth-order valence-corrected chi connectivity index (χ4v) is 4.88. The number of aryl methyl sites for hydroxylation is 1. The number of nitrogens with zero attached hydrogens (tertiary/aromatic N) is 2. The zero-order valence-electron chi connectivity index (χ0n) is 29.1. The molecule has 48 heavy (non-hydrogen) atoms. The molecular weight excluding hydrogens is 630 g/mol. The lowest BCUT2D eigenvalue weighted by molar-refractivity contribution is -0.118. The first kappa shape index (κ1) is 40.7. The molecule has 0 aliphatic rings. The van der Waals surface area contributed by atoms with Gasteiger partial charge in [0, 0.05) is 18.3 Å². The highest BCUT2D eigenvalue weighted by atomic mass is 35.5. The number of hydrogen-bond donors (Lipinski definition) is 6. The van der Waals surface area contributed by atoms with Crippen LogP contribution in [0.2, 0.25) is 5.28 Å². The molecule has 12 heteroatoms. The topological polar surface area (TPSA) is 156 Å². The maximum atomic E-state index is 11.0. The van der Waals surface area contributed by atoms with E-state index in [0.717, 1.165) is 94.1 Å². The molecule has 2 aromatic carbocycles. The van der Waals surface area contributed by atoms with Crippen molar-refractivity contribution in [2.45, 2.75) is 71.9 Å². The lowest BCUT2D eigenvalue weighted by atomic mass is 10.0. The van der Waals surface area contributed by atoms with E-state index in [2.05, 4.69) is 38.2 Å². The number of ether oxygens (including phenoxy) is 2. The van der Waals surface area contributed by atoms with Gasteiger partial charge in [0.05, 0.1) is 13.2 Å². The van der Waals surface area contributed by atoms with Gasteiger partial charge in [-0.25, -0.2) is 9.97 Å². The van der Waals surface area contributed by atoms with Crippen LogP contribution in [0.4, 0.5) is 5.82 Å². The molecule has 1 heterocycles. The van der Waals surface area contributed by atoms with Crippen molar-refractivity contribution >= 4 is 23.2 Å². The molecule has 0 aliphatic carbocycles. The Hall–Kier alpha value is -3.48. The summed E-state index contributed by atoms with van der Waals surface area (Å²) in [6.07, 6.45) is 6.26. The fraction of sp³-hybridized carbons (Fsp3) is 0.528. The van der Waals surface area contributed by atoms with Gasteiger partial charge in [-0.3, -0.25) is 4.79 Å². The number of carbonyl (C=O) groups is 1. The molecule has 0 amide bonds. The third kappa shape index (κ3) is 17.1. The van der Waals surface area contributed by atoms with Crippen molar-refractivity contribution in [2.24, 2.45) is 5.73 Å². The second-order valence-corrected chi connectivity index (χ2v) is 11.8. The summed E-state index contributed by atoms with van der Waals surface area (Å²) >= 11 is 5.98. The minimum Gasteiger partial charge on any atom is -0.504 e. The van der Waals surface area contributed by atoms with E-state index in [9.17, 15) is 9.90 Å². The number of Topliss-reactive ketones (excluding diaryl/α,β-unsaturated/α-hetero) is 1. The molecule has 7 N–H and O–H groups in total. The lowest BCUT2D eigenvalue weighted by Crippen LogP contribution is -2.24. The van der Waals surface area contributed by atoms with Gasteiger partial charge in [-0.2, -0.15) is 0 Å². The van der Waals surface area contributed by atoms with Crippen LogP contribution in [0.5, 0.6) is 17.2 Å². The number of unbranched alkanes of at least 4 members (excludes halogenated alkanes) is 1. The van der Waals surface area contributed by atoms with Gasteiger partial charge in [0.1, 0.15) is 18.2 Å². The summed E-state index contributed by atoms with van der Waals surface area (Å²) in [6.45, 7) is 12.5. The number of methoxy groups -OCH3 is 1. The van der Waals surface area contributed by atoms with Crippen LogP contribution in [0.3, 0.4) is 0 Å². The number of nitrogens with one attached hydrogen (secondary N) is 4. The van der Waals surface area contributed by atoms with E-state index in [0.29, 0.717) is 11.5 Å². The van der Waals surface area contributed by atoms with Gasteiger partial charge in [0.2, 0.25) is 5.28 Å². The molecule has 1 aromatic heterocycles. The van der Waals surface area contributed by atoms with Crippen LogP contribution in [0.25, 0.3) is 0 Å². The quantitative estimate of drug-likeness (QED) is 0.0560.